The molecule has 0 aromatic rings. The first-order valence-corrected chi connectivity index (χ1v) is 3.18. The van der Waals surface area contributed by atoms with Gasteiger partial charge in [-0.15, -0.1) is 0 Å². The van der Waals surface area contributed by atoms with Gasteiger partial charge in [-0.1, -0.05) is 13.0 Å². The Bertz CT molecular complexity index is 114. The smallest absolute Gasteiger partial charge is 0.0568 e. The normalized spacial score (nSPS) is 12.6. The lowest BCUT2D eigenvalue weighted by Gasteiger charge is -1.88. The molecule has 1 N–H and O–H groups in total. The van der Waals surface area contributed by atoms with Crippen molar-refractivity contribution in [1.29, 1.82) is 0 Å². The van der Waals surface area contributed by atoms with E-state index in [1.807, 2.05) is 13.0 Å². The van der Waals surface area contributed by atoms with Gasteiger partial charge in [-0.3, -0.25) is 0 Å². The standard InChI is InChI=1S/C7H14N2/c1-4-5-6-7(2)9-8-3/h5-6,8H,4H2,1-3H3/b6-5-,9-7+. The molecule has 0 aromatic heterocycles. The van der Waals surface area contributed by atoms with Gasteiger partial charge < -0.3 is 5.43 Å². The van der Waals surface area contributed by atoms with Crippen molar-refractivity contribution in [2.45, 2.75) is 20.3 Å². The molecule has 0 bridgehead atoms. The molecule has 0 atom stereocenters. The first kappa shape index (κ1) is 8.21. The largest absolute Gasteiger partial charge is 0.313 e. The van der Waals surface area contributed by atoms with Crippen LogP contribution in [0, 0.1) is 0 Å². The van der Waals surface area contributed by atoms with Crippen molar-refractivity contribution >= 4 is 5.71 Å². The van der Waals surface area contributed by atoms with E-state index in [9.17, 15) is 0 Å². The Morgan fingerprint density at radius 3 is 2.78 bits per heavy atom. The van der Waals surface area contributed by atoms with Crippen LogP contribution in [0.25, 0.3) is 0 Å². The van der Waals surface area contributed by atoms with Crippen molar-refractivity contribution in [3.63, 3.8) is 0 Å². The van der Waals surface area contributed by atoms with Crippen LogP contribution in [0.2, 0.25) is 0 Å². The molecule has 0 unspecified atom stereocenters. The Labute approximate surface area is 56.7 Å². The average molecular weight is 126 g/mol. The summed E-state index contributed by atoms with van der Waals surface area (Å²) in [5.41, 5.74) is 3.73. The van der Waals surface area contributed by atoms with Crippen molar-refractivity contribution in [3.8, 4) is 0 Å². The monoisotopic (exact) mass is 126 g/mol. The Morgan fingerprint density at radius 1 is 1.67 bits per heavy atom. The second kappa shape index (κ2) is 5.35. The quantitative estimate of drug-likeness (QED) is 0.450. The van der Waals surface area contributed by atoms with Crippen LogP contribution < -0.4 is 5.43 Å². The summed E-state index contributed by atoms with van der Waals surface area (Å²) in [5.74, 6) is 0. The highest BCUT2D eigenvalue weighted by molar-refractivity contribution is 5.92. The van der Waals surface area contributed by atoms with Gasteiger partial charge in [0.15, 0.2) is 0 Å². The van der Waals surface area contributed by atoms with Gasteiger partial charge in [-0.2, -0.15) is 5.10 Å². The molecule has 0 aromatic carbocycles. The number of hydrogen-bond acceptors (Lipinski definition) is 2. The van der Waals surface area contributed by atoms with Crippen LogP contribution in [-0.4, -0.2) is 12.8 Å². The van der Waals surface area contributed by atoms with Gasteiger partial charge in [-0.05, 0) is 19.4 Å². The summed E-state index contributed by atoms with van der Waals surface area (Å²) in [5, 5.41) is 3.94. The van der Waals surface area contributed by atoms with E-state index in [1.165, 1.54) is 0 Å². The minimum atomic E-state index is 1.01. The van der Waals surface area contributed by atoms with E-state index in [-0.39, 0.29) is 0 Å². The number of allylic oxidation sites excluding steroid dienone is 2. The average Bonchev–Trinajstić information content (AvgIpc) is 1.85. The van der Waals surface area contributed by atoms with Crippen LogP contribution in [0.4, 0.5) is 0 Å². The third-order valence-corrected chi connectivity index (χ3v) is 0.883. The van der Waals surface area contributed by atoms with Gasteiger partial charge in [0.1, 0.15) is 0 Å². The molecule has 2 nitrogen and oxygen atoms in total. The number of rotatable bonds is 3. The van der Waals surface area contributed by atoms with Gasteiger partial charge in [-0.25, -0.2) is 0 Å². The van der Waals surface area contributed by atoms with Crippen molar-refractivity contribution in [2.24, 2.45) is 5.10 Å². The van der Waals surface area contributed by atoms with Crippen LogP contribution in [0.5, 0.6) is 0 Å². The van der Waals surface area contributed by atoms with Crippen LogP contribution in [0.15, 0.2) is 17.3 Å². The fourth-order valence-electron chi connectivity index (χ4n) is 0.502. The minimum absolute atomic E-state index is 1.01. The fourth-order valence-corrected chi connectivity index (χ4v) is 0.502. The number of hydrazone groups is 1. The van der Waals surface area contributed by atoms with Crippen molar-refractivity contribution in [3.05, 3.63) is 12.2 Å². The summed E-state index contributed by atoms with van der Waals surface area (Å²) in [4.78, 5) is 0. The van der Waals surface area contributed by atoms with Gasteiger partial charge in [0.05, 0.1) is 5.71 Å². The zero-order valence-corrected chi connectivity index (χ0v) is 6.31. The molecular formula is C7H14N2. The Kier molecular flexibility index (Phi) is 4.88. The summed E-state index contributed by atoms with van der Waals surface area (Å²) < 4.78 is 0. The fraction of sp³-hybridized carbons (Fsp3) is 0.571. The Morgan fingerprint density at radius 2 is 2.33 bits per heavy atom. The molecule has 0 aliphatic rings. The number of nitrogens with one attached hydrogen (secondary N) is 1. The lowest BCUT2D eigenvalue weighted by atomic mass is 10.3. The van der Waals surface area contributed by atoms with E-state index in [0.29, 0.717) is 0 Å². The number of nitrogens with zero attached hydrogens (tertiary/aromatic N) is 1. The molecule has 0 aliphatic heterocycles. The zero-order valence-electron chi connectivity index (χ0n) is 6.31. The Balaban J connectivity index is 3.60. The lowest BCUT2D eigenvalue weighted by molar-refractivity contribution is 0.901. The summed E-state index contributed by atoms with van der Waals surface area (Å²) in [6, 6.07) is 0. The van der Waals surface area contributed by atoms with Crippen LogP contribution in [0.3, 0.4) is 0 Å². The van der Waals surface area contributed by atoms with Crippen molar-refractivity contribution in [2.75, 3.05) is 7.05 Å². The third kappa shape index (κ3) is 5.07. The first-order chi connectivity index (χ1) is 4.31. The summed E-state index contributed by atoms with van der Waals surface area (Å²) in [6.45, 7) is 4.06. The van der Waals surface area contributed by atoms with Crippen LogP contribution in [-0.2, 0) is 0 Å². The van der Waals surface area contributed by atoms with Crippen LogP contribution in [0.1, 0.15) is 20.3 Å². The second-order valence-corrected chi connectivity index (χ2v) is 1.79. The highest BCUT2D eigenvalue weighted by Gasteiger charge is 1.77. The lowest BCUT2D eigenvalue weighted by Crippen LogP contribution is -1.98. The van der Waals surface area contributed by atoms with E-state index < -0.39 is 0 Å². The minimum Gasteiger partial charge on any atom is -0.313 e. The van der Waals surface area contributed by atoms with E-state index >= 15 is 0 Å². The maximum absolute atomic E-state index is 3.94. The molecule has 0 amide bonds. The maximum Gasteiger partial charge on any atom is 0.0568 e. The molecule has 0 saturated carbocycles. The predicted octanol–water partition coefficient (Wildman–Crippen LogP) is 1.55. The zero-order chi connectivity index (χ0) is 7.11. The molecule has 2 heteroatoms. The molecule has 9 heavy (non-hydrogen) atoms. The topological polar surface area (TPSA) is 24.4 Å². The van der Waals surface area contributed by atoms with Crippen LogP contribution >= 0.6 is 0 Å². The highest BCUT2D eigenvalue weighted by Crippen LogP contribution is 1.81. The molecule has 0 aliphatic carbocycles. The van der Waals surface area contributed by atoms with Crippen molar-refractivity contribution in [1.82, 2.24) is 5.43 Å². The first-order valence-electron chi connectivity index (χ1n) is 3.18. The Hall–Kier alpha value is -0.790. The molecule has 0 fully saturated rings. The summed E-state index contributed by atoms with van der Waals surface area (Å²) in [7, 11) is 1.79. The summed E-state index contributed by atoms with van der Waals surface area (Å²) in [6.07, 6.45) is 5.14. The van der Waals surface area contributed by atoms with E-state index in [2.05, 4.69) is 23.5 Å². The molecule has 0 heterocycles. The predicted molar refractivity (Wildman–Crippen MR) is 41.6 cm³/mol. The molecule has 52 valence electrons. The molecular weight excluding hydrogens is 112 g/mol. The van der Waals surface area contributed by atoms with E-state index in [4.69, 9.17) is 0 Å². The highest BCUT2D eigenvalue weighted by atomic mass is 15.3. The van der Waals surface area contributed by atoms with Gasteiger partial charge in [0.2, 0.25) is 0 Å². The van der Waals surface area contributed by atoms with Gasteiger partial charge in [0, 0.05) is 7.05 Å². The van der Waals surface area contributed by atoms with Gasteiger partial charge in [0.25, 0.3) is 0 Å². The van der Waals surface area contributed by atoms with E-state index in [1.54, 1.807) is 7.05 Å². The molecule has 0 spiro atoms. The SMILES string of the molecule is CC/C=C\C(C)=N\NC. The number of hydrogen-bond donors (Lipinski definition) is 1. The second-order valence-electron chi connectivity index (χ2n) is 1.79. The summed E-state index contributed by atoms with van der Waals surface area (Å²) >= 11 is 0. The van der Waals surface area contributed by atoms with E-state index in [0.717, 1.165) is 12.1 Å². The van der Waals surface area contributed by atoms with Crippen molar-refractivity contribution < 1.29 is 0 Å². The maximum atomic E-state index is 3.94. The third-order valence-electron chi connectivity index (χ3n) is 0.883. The van der Waals surface area contributed by atoms with Gasteiger partial charge >= 0.3 is 0 Å². The molecule has 0 rings (SSSR count). The molecule has 0 radical (unpaired) electrons. The molecule has 0 saturated heterocycles.